The lowest BCUT2D eigenvalue weighted by Crippen LogP contribution is -2.29. The van der Waals surface area contributed by atoms with Gasteiger partial charge < -0.3 is 10.1 Å². The first kappa shape index (κ1) is 16.8. The molecule has 0 aromatic heterocycles. The first-order valence-corrected chi connectivity index (χ1v) is 7.60. The van der Waals surface area contributed by atoms with Crippen LogP contribution in [0.2, 0.25) is 10.0 Å². The molecule has 0 bridgehead atoms. The maximum atomic E-state index is 12.2. The molecule has 0 heterocycles. The van der Waals surface area contributed by atoms with Crippen molar-refractivity contribution in [3.05, 3.63) is 69.2 Å². The second kappa shape index (κ2) is 7.63. The van der Waals surface area contributed by atoms with Crippen LogP contribution in [0.1, 0.15) is 27.6 Å². The Balaban J connectivity index is 2.07. The summed E-state index contributed by atoms with van der Waals surface area (Å²) in [5.41, 5.74) is 2.56. The highest BCUT2D eigenvalue weighted by atomic mass is 35.5. The molecule has 1 atom stereocenters. The van der Waals surface area contributed by atoms with Crippen LogP contribution in [0.25, 0.3) is 0 Å². The zero-order chi connectivity index (χ0) is 16.1. The van der Waals surface area contributed by atoms with Gasteiger partial charge in [0.2, 0.25) is 0 Å². The minimum atomic E-state index is -0.252. The van der Waals surface area contributed by atoms with Crippen LogP contribution >= 0.6 is 23.2 Å². The molecular formula is C17H17Cl2NO2. The first-order chi connectivity index (χ1) is 10.5. The zero-order valence-corrected chi connectivity index (χ0v) is 13.9. The molecule has 3 nitrogen and oxygen atoms in total. The number of benzene rings is 2. The number of rotatable bonds is 5. The Labute approximate surface area is 140 Å². The van der Waals surface area contributed by atoms with Crippen LogP contribution in [0.15, 0.2) is 42.5 Å². The predicted molar refractivity (Wildman–Crippen MR) is 89.7 cm³/mol. The van der Waals surface area contributed by atoms with Gasteiger partial charge in [-0.3, -0.25) is 4.79 Å². The molecule has 0 aliphatic heterocycles. The molecule has 2 rings (SSSR count). The summed E-state index contributed by atoms with van der Waals surface area (Å²) in [7, 11) is 1.62. The van der Waals surface area contributed by atoms with E-state index in [1.165, 1.54) is 0 Å². The second-order valence-corrected chi connectivity index (χ2v) is 5.76. The largest absolute Gasteiger partial charge is 0.375 e. The lowest BCUT2D eigenvalue weighted by atomic mass is 10.0. The highest BCUT2D eigenvalue weighted by molar-refractivity contribution is 6.36. The minimum Gasteiger partial charge on any atom is -0.375 e. The van der Waals surface area contributed by atoms with Crippen molar-refractivity contribution >= 4 is 29.1 Å². The summed E-state index contributed by atoms with van der Waals surface area (Å²) in [6, 6.07) is 12.7. The van der Waals surface area contributed by atoms with Gasteiger partial charge in [0.15, 0.2) is 0 Å². The molecule has 0 aliphatic carbocycles. The first-order valence-electron chi connectivity index (χ1n) is 6.84. The number of carbonyl (C=O) groups is 1. The number of nitrogens with one attached hydrogen (secondary N) is 1. The molecule has 0 radical (unpaired) electrons. The molecule has 1 unspecified atom stereocenters. The molecule has 2 aromatic rings. The van der Waals surface area contributed by atoms with Crippen LogP contribution < -0.4 is 5.32 Å². The molecule has 1 amide bonds. The molecule has 116 valence electrons. The van der Waals surface area contributed by atoms with Crippen molar-refractivity contribution in [2.45, 2.75) is 13.0 Å². The molecule has 0 saturated carbocycles. The normalized spacial score (nSPS) is 12.0. The second-order valence-electron chi connectivity index (χ2n) is 4.92. The smallest absolute Gasteiger partial charge is 0.252 e. The van der Waals surface area contributed by atoms with Crippen molar-refractivity contribution in [1.82, 2.24) is 5.32 Å². The summed E-state index contributed by atoms with van der Waals surface area (Å²) in [5, 5.41) is 3.67. The standard InChI is InChI=1S/C17H17Cl2NO2/c1-11-5-3-4-6-13(11)16(22-2)10-20-17(21)14-8-7-12(18)9-15(14)19/h3-9,16H,10H2,1-2H3,(H,20,21). The van der Waals surface area contributed by atoms with Crippen LogP contribution in [0.3, 0.4) is 0 Å². The van der Waals surface area contributed by atoms with Crippen LogP contribution in [-0.2, 0) is 4.74 Å². The molecule has 5 heteroatoms. The molecule has 0 aliphatic rings. The van der Waals surface area contributed by atoms with Gasteiger partial charge in [0.25, 0.3) is 5.91 Å². The fourth-order valence-electron chi connectivity index (χ4n) is 2.22. The van der Waals surface area contributed by atoms with E-state index in [1.807, 2.05) is 31.2 Å². The Bertz CT molecular complexity index is 673. The number of aryl methyl sites for hydroxylation is 1. The number of hydrogen-bond donors (Lipinski definition) is 1. The molecule has 1 N–H and O–H groups in total. The summed E-state index contributed by atoms with van der Waals surface area (Å²) in [5.74, 6) is -0.252. The predicted octanol–water partition coefficient (Wildman–Crippen LogP) is 4.42. The number of methoxy groups -OCH3 is 1. The Kier molecular flexibility index (Phi) is 5.83. The molecule has 0 fully saturated rings. The number of hydrogen-bond acceptors (Lipinski definition) is 2. The monoisotopic (exact) mass is 337 g/mol. The van der Waals surface area contributed by atoms with Crippen molar-refractivity contribution in [1.29, 1.82) is 0 Å². The van der Waals surface area contributed by atoms with Crippen molar-refractivity contribution in [2.75, 3.05) is 13.7 Å². The van der Waals surface area contributed by atoms with Gasteiger partial charge in [-0.2, -0.15) is 0 Å². The van der Waals surface area contributed by atoms with Crippen molar-refractivity contribution in [3.8, 4) is 0 Å². The summed E-state index contributed by atoms with van der Waals surface area (Å²) >= 11 is 11.9. The van der Waals surface area contributed by atoms with Crippen LogP contribution in [0, 0.1) is 6.92 Å². The van der Waals surface area contributed by atoms with Crippen LogP contribution in [0.4, 0.5) is 0 Å². The van der Waals surface area contributed by atoms with E-state index < -0.39 is 0 Å². The minimum absolute atomic E-state index is 0.212. The third kappa shape index (κ3) is 4.01. The lowest BCUT2D eigenvalue weighted by Gasteiger charge is -2.18. The van der Waals surface area contributed by atoms with E-state index in [0.29, 0.717) is 22.2 Å². The van der Waals surface area contributed by atoms with E-state index in [1.54, 1.807) is 25.3 Å². The van der Waals surface area contributed by atoms with Gasteiger partial charge in [-0.25, -0.2) is 0 Å². The van der Waals surface area contributed by atoms with E-state index in [-0.39, 0.29) is 12.0 Å². The van der Waals surface area contributed by atoms with Crippen LogP contribution in [0.5, 0.6) is 0 Å². The third-order valence-electron chi connectivity index (χ3n) is 3.44. The van der Waals surface area contributed by atoms with E-state index >= 15 is 0 Å². The Hall–Kier alpha value is -1.55. The Morgan fingerprint density at radius 1 is 1.23 bits per heavy atom. The van der Waals surface area contributed by atoms with Crippen LogP contribution in [-0.4, -0.2) is 19.6 Å². The summed E-state index contributed by atoms with van der Waals surface area (Å²) in [6.45, 7) is 2.37. The van der Waals surface area contributed by atoms with Gasteiger partial charge in [-0.15, -0.1) is 0 Å². The molecular weight excluding hydrogens is 321 g/mol. The summed E-state index contributed by atoms with van der Waals surface area (Å²) < 4.78 is 5.48. The highest BCUT2D eigenvalue weighted by Crippen LogP contribution is 2.22. The number of amides is 1. The molecule has 0 spiro atoms. The van der Waals surface area contributed by atoms with Gasteiger partial charge in [0.1, 0.15) is 0 Å². The Morgan fingerprint density at radius 3 is 2.59 bits per heavy atom. The van der Waals surface area contributed by atoms with E-state index in [0.717, 1.165) is 11.1 Å². The number of ether oxygens (including phenoxy) is 1. The fraction of sp³-hybridized carbons (Fsp3) is 0.235. The molecule has 22 heavy (non-hydrogen) atoms. The number of carbonyl (C=O) groups excluding carboxylic acids is 1. The van der Waals surface area contributed by atoms with E-state index in [4.69, 9.17) is 27.9 Å². The van der Waals surface area contributed by atoms with Crippen molar-refractivity contribution < 1.29 is 9.53 Å². The number of halogens is 2. The average Bonchev–Trinajstić information content (AvgIpc) is 2.49. The SMILES string of the molecule is COC(CNC(=O)c1ccc(Cl)cc1Cl)c1ccccc1C. The maximum absolute atomic E-state index is 12.2. The lowest BCUT2D eigenvalue weighted by molar-refractivity contribution is 0.0826. The molecule has 2 aromatic carbocycles. The highest BCUT2D eigenvalue weighted by Gasteiger charge is 2.16. The Morgan fingerprint density at radius 2 is 1.95 bits per heavy atom. The van der Waals surface area contributed by atoms with Gasteiger partial charge in [-0.1, -0.05) is 47.5 Å². The zero-order valence-electron chi connectivity index (χ0n) is 12.4. The summed E-state index contributed by atoms with van der Waals surface area (Å²) in [6.07, 6.45) is -0.212. The fourth-order valence-corrected chi connectivity index (χ4v) is 2.72. The van der Waals surface area contributed by atoms with Gasteiger partial charge in [0.05, 0.1) is 16.7 Å². The molecule has 0 saturated heterocycles. The van der Waals surface area contributed by atoms with Gasteiger partial charge in [-0.05, 0) is 36.2 Å². The summed E-state index contributed by atoms with van der Waals surface area (Å²) in [4.78, 5) is 12.2. The maximum Gasteiger partial charge on any atom is 0.252 e. The van der Waals surface area contributed by atoms with Crippen molar-refractivity contribution in [2.24, 2.45) is 0 Å². The van der Waals surface area contributed by atoms with Crippen molar-refractivity contribution in [3.63, 3.8) is 0 Å². The third-order valence-corrected chi connectivity index (χ3v) is 3.99. The van der Waals surface area contributed by atoms with E-state index in [2.05, 4.69) is 5.32 Å². The van der Waals surface area contributed by atoms with E-state index in [9.17, 15) is 4.79 Å². The average molecular weight is 338 g/mol. The topological polar surface area (TPSA) is 38.3 Å². The van der Waals surface area contributed by atoms with Gasteiger partial charge >= 0.3 is 0 Å². The van der Waals surface area contributed by atoms with Gasteiger partial charge in [0, 0.05) is 18.7 Å². The quantitative estimate of drug-likeness (QED) is 0.876.